The Morgan fingerprint density at radius 1 is 1.48 bits per heavy atom. The van der Waals surface area contributed by atoms with E-state index in [9.17, 15) is 21.8 Å². The summed E-state index contributed by atoms with van der Waals surface area (Å²) in [5, 5.41) is 2.35. The zero-order valence-electron chi connectivity index (χ0n) is 11.4. The number of hydrogen-bond donors (Lipinski definition) is 1. The van der Waals surface area contributed by atoms with Crippen LogP contribution in [0.3, 0.4) is 0 Å². The topological polar surface area (TPSA) is 80.3 Å². The Labute approximate surface area is 129 Å². The van der Waals surface area contributed by atoms with E-state index in [1.54, 1.807) is 13.2 Å². The lowest BCUT2D eigenvalue weighted by molar-refractivity contribution is 0.0949. The Hall–Kier alpha value is -0.990. The number of rotatable bonds is 6. The summed E-state index contributed by atoms with van der Waals surface area (Å²) in [6.07, 6.45) is 2.02. The van der Waals surface area contributed by atoms with E-state index < -0.39 is 37.1 Å². The van der Waals surface area contributed by atoms with Crippen LogP contribution in [0.2, 0.25) is 0 Å². The smallest absolute Gasteiger partial charge is 0.261 e. The Balaban J connectivity index is 2.81. The van der Waals surface area contributed by atoms with Gasteiger partial charge in [-0.1, -0.05) is 6.92 Å². The number of halogens is 2. The quantitative estimate of drug-likeness (QED) is 0.787. The third-order valence-electron chi connectivity index (χ3n) is 2.87. The Morgan fingerprint density at radius 2 is 2.10 bits per heavy atom. The molecule has 0 bridgehead atoms. The minimum absolute atomic E-state index is 0.107. The minimum atomic E-state index is -4.04. The number of carbonyl (C=O) groups is 1. The van der Waals surface area contributed by atoms with Gasteiger partial charge in [-0.25, -0.2) is 12.8 Å². The van der Waals surface area contributed by atoms with Crippen molar-refractivity contribution in [2.45, 2.75) is 23.5 Å². The minimum Gasteiger partial charge on any atom is -0.352 e. The van der Waals surface area contributed by atoms with Gasteiger partial charge < -0.3 is 5.32 Å². The predicted molar refractivity (Wildman–Crippen MR) is 79.9 cm³/mol. The normalized spacial score (nSPS) is 14.5. The number of carbonyl (C=O) groups excluding carboxylic acids is 1. The van der Waals surface area contributed by atoms with Crippen molar-refractivity contribution >= 4 is 36.4 Å². The molecule has 0 saturated heterocycles. The van der Waals surface area contributed by atoms with Gasteiger partial charge in [0.25, 0.3) is 15.0 Å². The summed E-state index contributed by atoms with van der Waals surface area (Å²) >= 11 is 0. The Bertz CT molecular complexity index is 663. The molecule has 0 aliphatic heterocycles. The summed E-state index contributed by atoms with van der Waals surface area (Å²) in [6, 6.07) is 2.74. The highest BCUT2D eigenvalue weighted by molar-refractivity contribution is 8.13. The molecule has 0 heterocycles. The first-order valence-corrected chi connectivity index (χ1v) is 9.90. The summed E-state index contributed by atoms with van der Waals surface area (Å²) in [7, 11) is 0.106. The number of nitrogens with one attached hydrogen (secondary N) is 1. The maximum absolute atomic E-state index is 13.6. The van der Waals surface area contributed by atoms with Crippen molar-refractivity contribution in [2.24, 2.45) is 0 Å². The van der Waals surface area contributed by atoms with E-state index in [0.717, 1.165) is 18.2 Å². The van der Waals surface area contributed by atoms with Crippen LogP contribution in [0.15, 0.2) is 23.1 Å². The molecule has 9 heteroatoms. The number of benzene rings is 1. The summed E-state index contributed by atoms with van der Waals surface area (Å²) in [5.74, 6) is -1.59. The van der Waals surface area contributed by atoms with E-state index >= 15 is 0 Å². The molecule has 2 unspecified atom stereocenters. The first-order chi connectivity index (χ1) is 9.62. The van der Waals surface area contributed by atoms with Crippen LogP contribution in [-0.2, 0) is 19.9 Å². The lowest BCUT2D eigenvalue weighted by Gasteiger charge is -2.10. The van der Waals surface area contributed by atoms with Crippen molar-refractivity contribution in [3.63, 3.8) is 0 Å². The van der Waals surface area contributed by atoms with E-state index in [-0.39, 0.29) is 16.7 Å². The molecule has 0 aliphatic carbocycles. The molecule has 2 atom stereocenters. The first kappa shape index (κ1) is 18.1. The second-order valence-corrected chi connectivity index (χ2v) is 8.80. The number of hydrogen-bond acceptors (Lipinski definition) is 4. The molecule has 0 spiro atoms. The lowest BCUT2D eigenvalue weighted by Crippen LogP contribution is -2.28. The van der Waals surface area contributed by atoms with Crippen molar-refractivity contribution in [1.29, 1.82) is 0 Å². The third kappa shape index (κ3) is 5.37. The van der Waals surface area contributed by atoms with E-state index in [4.69, 9.17) is 10.7 Å². The monoisotopic (exact) mass is 355 g/mol. The largest absolute Gasteiger partial charge is 0.352 e. The number of amides is 1. The van der Waals surface area contributed by atoms with Crippen molar-refractivity contribution in [3.8, 4) is 0 Å². The van der Waals surface area contributed by atoms with Gasteiger partial charge in [0.1, 0.15) is 5.82 Å². The van der Waals surface area contributed by atoms with Crippen molar-refractivity contribution in [1.82, 2.24) is 5.32 Å². The van der Waals surface area contributed by atoms with Crippen molar-refractivity contribution in [3.05, 3.63) is 29.6 Å². The van der Waals surface area contributed by atoms with E-state index in [2.05, 4.69) is 5.32 Å². The maximum Gasteiger partial charge on any atom is 0.261 e. The highest BCUT2D eigenvalue weighted by Crippen LogP contribution is 2.18. The molecule has 5 nitrogen and oxygen atoms in total. The van der Waals surface area contributed by atoms with Gasteiger partial charge in [0.05, 0.1) is 10.5 Å². The van der Waals surface area contributed by atoms with Gasteiger partial charge in [-0.05, 0) is 24.6 Å². The van der Waals surface area contributed by atoms with Crippen LogP contribution in [-0.4, -0.2) is 36.6 Å². The predicted octanol–water partition coefficient (Wildman–Crippen LogP) is 1.64. The standard InChI is InChI=1S/C12H15ClFNO4S2/c1-8(20(2)17)5-6-15-12(16)10-7-9(21(13,18)19)3-4-11(10)14/h3-4,7-8H,5-6H2,1-2H3,(H,15,16). The van der Waals surface area contributed by atoms with Crippen LogP contribution in [0.4, 0.5) is 4.39 Å². The second kappa shape index (κ2) is 7.33. The third-order valence-corrected chi connectivity index (χ3v) is 5.59. The Morgan fingerprint density at radius 3 is 2.62 bits per heavy atom. The second-order valence-electron chi connectivity index (χ2n) is 4.43. The SMILES string of the molecule is CC(CCNC(=O)c1cc(S(=O)(=O)Cl)ccc1F)S(C)=O. The molecular formula is C12H15ClFNO4S2. The molecule has 0 fully saturated rings. The highest BCUT2D eigenvalue weighted by Gasteiger charge is 2.17. The molecule has 1 aromatic rings. The van der Waals surface area contributed by atoms with E-state index in [0.29, 0.717) is 6.42 Å². The molecule has 1 amide bonds. The van der Waals surface area contributed by atoms with Crippen molar-refractivity contribution in [2.75, 3.05) is 12.8 Å². The van der Waals surface area contributed by atoms with Crippen LogP contribution in [0.25, 0.3) is 0 Å². The van der Waals surface area contributed by atoms with Gasteiger partial charge in [-0.15, -0.1) is 0 Å². The lowest BCUT2D eigenvalue weighted by atomic mass is 10.2. The van der Waals surface area contributed by atoms with Crippen LogP contribution in [0, 0.1) is 5.82 Å². The fraction of sp³-hybridized carbons (Fsp3) is 0.417. The summed E-state index contributed by atoms with van der Waals surface area (Å²) in [6.45, 7) is 1.97. The van der Waals surface area contributed by atoms with E-state index in [1.807, 2.05) is 0 Å². The van der Waals surface area contributed by atoms with Crippen LogP contribution in [0.5, 0.6) is 0 Å². The fourth-order valence-electron chi connectivity index (χ4n) is 1.48. The molecule has 0 saturated carbocycles. The summed E-state index contributed by atoms with van der Waals surface area (Å²) in [4.78, 5) is 11.5. The zero-order chi connectivity index (χ0) is 16.2. The fourth-order valence-corrected chi connectivity index (χ4v) is 2.71. The summed E-state index contributed by atoms with van der Waals surface area (Å²) < 4.78 is 47.1. The van der Waals surface area contributed by atoms with Crippen molar-refractivity contribution < 1.29 is 21.8 Å². The van der Waals surface area contributed by atoms with Gasteiger partial charge in [-0.2, -0.15) is 0 Å². The highest BCUT2D eigenvalue weighted by atomic mass is 35.7. The average molecular weight is 356 g/mol. The van der Waals surface area contributed by atoms with Gasteiger partial charge >= 0.3 is 0 Å². The van der Waals surface area contributed by atoms with Gasteiger partial charge in [0, 0.05) is 39.5 Å². The molecular weight excluding hydrogens is 341 g/mol. The Kier molecular flexibility index (Phi) is 6.30. The van der Waals surface area contributed by atoms with Gasteiger partial charge in [0.15, 0.2) is 0 Å². The molecule has 118 valence electrons. The van der Waals surface area contributed by atoms with Gasteiger partial charge in [-0.3, -0.25) is 9.00 Å². The molecule has 0 radical (unpaired) electrons. The molecule has 0 aliphatic rings. The van der Waals surface area contributed by atoms with Crippen LogP contribution < -0.4 is 5.32 Å². The van der Waals surface area contributed by atoms with Gasteiger partial charge in [0.2, 0.25) is 0 Å². The first-order valence-electron chi connectivity index (χ1n) is 5.97. The molecule has 21 heavy (non-hydrogen) atoms. The molecule has 1 aromatic carbocycles. The molecule has 1 rings (SSSR count). The van der Waals surface area contributed by atoms with Crippen LogP contribution in [0.1, 0.15) is 23.7 Å². The van der Waals surface area contributed by atoms with E-state index in [1.165, 1.54) is 0 Å². The van der Waals surface area contributed by atoms with Crippen LogP contribution >= 0.6 is 10.7 Å². The molecule has 0 aromatic heterocycles. The summed E-state index contributed by atoms with van der Waals surface area (Å²) in [5.41, 5.74) is -0.401. The maximum atomic E-state index is 13.6. The molecule has 1 N–H and O–H groups in total. The zero-order valence-corrected chi connectivity index (χ0v) is 13.8. The average Bonchev–Trinajstić information content (AvgIpc) is 2.37.